The van der Waals surface area contributed by atoms with Gasteiger partial charge in [-0.05, 0) is 18.9 Å². The van der Waals surface area contributed by atoms with Gasteiger partial charge in [-0.3, -0.25) is 14.2 Å². The largest absolute Gasteiger partial charge is 0.350 e. The maximum Gasteiger partial charge on any atom is 0.330 e. The van der Waals surface area contributed by atoms with Crippen molar-refractivity contribution in [1.29, 1.82) is 0 Å². The van der Waals surface area contributed by atoms with Crippen molar-refractivity contribution in [3.8, 4) is 0 Å². The molecule has 1 N–H and O–H groups in total. The van der Waals surface area contributed by atoms with Crippen molar-refractivity contribution < 1.29 is 4.79 Å². The van der Waals surface area contributed by atoms with Crippen LogP contribution in [0.5, 0.6) is 0 Å². The van der Waals surface area contributed by atoms with Crippen LogP contribution in [-0.4, -0.2) is 21.1 Å². The summed E-state index contributed by atoms with van der Waals surface area (Å²) in [4.78, 5) is 35.3. The number of carbonyl (C=O) groups is 1. The van der Waals surface area contributed by atoms with Gasteiger partial charge in [-0.1, -0.05) is 19.3 Å². The van der Waals surface area contributed by atoms with E-state index in [9.17, 15) is 14.4 Å². The first-order valence-corrected chi connectivity index (χ1v) is 7.24. The van der Waals surface area contributed by atoms with Gasteiger partial charge in [0.25, 0.3) is 5.56 Å². The summed E-state index contributed by atoms with van der Waals surface area (Å²) in [6, 6.07) is 0.235. The molecule has 0 bridgehead atoms. The molecule has 0 unspecified atom stereocenters. The SMILES string of the molecule is Cn1cc(/C=C/C(=O)NC2CCCCC2)c(=O)n(C)c1=O. The van der Waals surface area contributed by atoms with Crippen molar-refractivity contribution in [1.82, 2.24) is 14.5 Å². The van der Waals surface area contributed by atoms with Crippen molar-refractivity contribution in [3.63, 3.8) is 0 Å². The van der Waals surface area contributed by atoms with Gasteiger partial charge in [0.1, 0.15) is 0 Å². The number of nitrogens with zero attached hydrogens (tertiary/aromatic N) is 2. The third kappa shape index (κ3) is 3.71. The summed E-state index contributed by atoms with van der Waals surface area (Å²) >= 11 is 0. The minimum Gasteiger partial charge on any atom is -0.350 e. The number of hydrogen-bond donors (Lipinski definition) is 1. The highest BCUT2D eigenvalue weighted by Gasteiger charge is 2.14. The molecule has 0 aliphatic heterocycles. The first kappa shape index (κ1) is 15.3. The Morgan fingerprint density at radius 2 is 1.90 bits per heavy atom. The molecule has 6 heteroatoms. The molecule has 1 fully saturated rings. The first-order valence-electron chi connectivity index (χ1n) is 7.24. The average molecular weight is 291 g/mol. The average Bonchev–Trinajstić information content (AvgIpc) is 2.48. The zero-order chi connectivity index (χ0) is 15.4. The van der Waals surface area contributed by atoms with E-state index in [1.165, 1.54) is 36.4 Å². The standard InChI is InChI=1S/C15H21N3O3/c1-17-10-11(14(20)18(2)15(17)21)8-9-13(19)16-12-6-4-3-5-7-12/h8-10,12H,3-7H2,1-2H3,(H,16,19)/b9-8+. The van der Waals surface area contributed by atoms with Gasteiger partial charge in [0.2, 0.25) is 5.91 Å². The Kier molecular flexibility index (Phi) is 4.77. The van der Waals surface area contributed by atoms with Crippen LogP contribution in [0.1, 0.15) is 37.7 Å². The topological polar surface area (TPSA) is 73.1 Å². The smallest absolute Gasteiger partial charge is 0.330 e. The molecule has 0 radical (unpaired) electrons. The zero-order valence-corrected chi connectivity index (χ0v) is 12.5. The summed E-state index contributed by atoms with van der Waals surface area (Å²) < 4.78 is 2.35. The summed E-state index contributed by atoms with van der Waals surface area (Å²) in [6.45, 7) is 0. The van der Waals surface area contributed by atoms with E-state index >= 15 is 0 Å². The normalized spacial score (nSPS) is 16.3. The molecule has 0 saturated heterocycles. The van der Waals surface area contributed by atoms with Gasteiger partial charge >= 0.3 is 5.69 Å². The second-order valence-electron chi connectivity index (χ2n) is 5.52. The van der Waals surface area contributed by atoms with Crippen LogP contribution in [0.15, 0.2) is 21.9 Å². The van der Waals surface area contributed by atoms with Gasteiger partial charge in [-0.2, -0.15) is 0 Å². The van der Waals surface area contributed by atoms with E-state index in [0.29, 0.717) is 5.56 Å². The fourth-order valence-electron chi connectivity index (χ4n) is 2.61. The van der Waals surface area contributed by atoms with Crippen LogP contribution in [-0.2, 0) is 18.9 Å². The quantitative estimate of drug-likeness (QED) is 0.826. The molecule has 1 saturated carbocycles. The van der Waals surface area contributed by atoms with Gasteiger partial charge in [0.15, 0.2) is 0 Å². The molecule has 6 nitrogen and oxygen atoms in total. The number of rotatable bonds is 3. The number of hydrogen-bond acceptors (Lipinski definition) is 3. The molecule has 1 amide bonds. The van der Waals surface area contributed by atoms with E-state index in [1.807, 2.05) is 0 Å². The fraction of sp³-hybridized carbons (Fsp3) is 0.533. The lowest BCUT2D eigenvalue weighted by Crippen LogP contribution is -2.37. The number of carbonyl (C=O) groups excluding carboxylic acids is 1. The predicted octanol–water partition coefficient (Wildman–Crippen LogP) is 0.546. The van der Waals surface area contributed by atoms with Crippen molar-refractivity contribution in [2.75, 3.05) is 0 Å². The van der Waals surface area contributed by atoms with Crippen molar-refractivity contribution in [3.05, 3.63) is 38.7 Å². The number of aromatic nitrogens is 2. The van der Waals surface area contributed by atoms with Crippen LogP contribution in [0.2, 0.25) is 0 Å². The zero-order valence-electron chi connectivity index (χ0n) is 12.5. The van der Waals surface area contributed by atoms with E-state index in [4.69, 9.17) is 0 Å². The second-order valence-corrected chi connectivity index (χ2v) is 5.52. The third-order valence-electron chi connectivity index (χ3n) is 3.84. The molecule has 2 rings (SSSR count). The van der Waals surface area contributed by atoms with Crippen molar-refractivity contribution in [2.24, 2.45) is 14.1 Å². The van der Waals surface area contributed by atoms with E-state index < -0.39 is 5.56 Å². The number of amides is 1. The highest BCUT2D eigenvalue weighted by atomic mass is 16.2. The summed E-state index contributed by atoms with van der Waals surface area (Å²) in [5.41, 5.74) is -0.470. The van der Waals surface area contributed by atoms with E-state index in [-0.39, 0.29) is 17.6 Å². The van der Waals surface area contributed by atoms with Gasteiger partial charge in [0, 0.05) is 32.4 Å². The van der Waals surface area contributed by atoms with E-state index in [1.54, 1.807) is 7.05 Å². The lowest BCUT2D eigenvalue weighted by molar-refractivity contribution is -0.117. The Morgan fingerprint density at radius 1 is 1.24 bits per heavy atom. The van der Waals surface area contributed by atoms with Gasteiger partial charge in [0.05, 0.1) is 5.56 Å². The highest BCUT2D eigenvalue weighted by molar-refractivity contribution is 5.91. The summed E-state index contributed by atoms with van der Waals surface area (Å²) in [5.74, 6) is -0.196. The molecular formula is C15H21N3O3. The number of aryl methyl sites for hydroxylation is 1. The molecule has 0 atom stereocenters. The number of nitrogens with one attached hydrogen (secondary N) is 1. The van der Waals surface area contributed by atoms with Crippen LogP contribution in [0, 0.1) is 0 Å². The maximum atomic E-state index is 11.9. The predicted molar refractivity (Wildman–Crippen MR) is 81.0 cm³/mol. The van der Waals surface area contributed by atoms with Gasteiger partial charge < -0.3 is 9.88 Å². The summed E-state index contributed by atoms with van der Waals surface area (Å²) in [6.07, 6.45) is 9.81. The molecule has 1 heterocycles. The van der Waals surface area contributed by atoms with Crippen molar-refractivity contribution >= 4 is 12.0 Å². The Hall–Kier alpha value is -2.11. The van der Waals surface area contributed by atoms with Crippen LogP contribution in [0.4, 0.5) is 0 Å². The van der Waals surface area contributed by atoms with Gasteiger partial charge in [-0.25, -0.2) is 4.79 Å². The monoisotopic (exact) mass is 291 g/mol. The molecule has 21 heavy (non-hydrogen) atoms. The highest BCUT2D eigenvalue weighted by Crippen LogP contribution is 2.17. The molecule has 114 valence electrons. The van der Waals surface area contributed by atoms with E-state index in [2.05, 4.69) is 5.32 Å². The van der Waals surface area contributed by atoms with Crippen molar-refractivity contribution in [2.45, 2.75) is 38.1 Å². The Balaban J connectivity index is 2.09. The van der Waals surface area contributed by atoms with Gasteiger partial charge in [-0.15, -0.1) is 0 Å². The lowest BCUT2D eigenvalue weighted by Gasteiger charge is -2.21. The summed E-state index contributed by atoms with van der Waals surface area (Å²) in [7, 11) is 2.99. The molecular weight excluding hydrogens is 270 g/mol. The Morgan fingerprint density at radius 3 is 2.57 bits per heavy atom. The molecule has 1 aliphatic carbocycles. The minimum atomic E-state index is -0.403. The second kappa shape index (κ2) is 6.56. The Labute approximate surface area is 123 Å². The van der Waals surface area contributed by atoms with Crippen LogP contribution < -0.4 is 16.6 Å². The third-order valence-corrected chi connectivity index (χ3v) is 3.84. The van der Waals surface area contributed by atoms with Crippen LogP contribution in [0.3, 0.4) is 0 Å². The van der Waals surface area contributed by atoms with E-state index in [0.717, 1.165) is 30.3 Å². The molecule has 0 spiro atoms. The van der Waals surface area contributed by atoms with Crippen LogP contribution in [0.25, 0.3) is 6.08 Å². The lowest BCUT2D eigenvalue weighted by atomic mass is 9.95. The molecule has 1 aromatic rings. The van der Waals surface area contributed by atoms with Crippen LogP contribution >= 0.6 is 0 Å². The fourth-order valence-corrected chi connectivity index (χ4v) is 2.61. The maximum absolute atomic E-state index is 11.9. The molecule has 1 aliphatic rings. The minimum absolute atomic E-state index is 0.196. The molecule has 0 aromatic carbocycles. The Bertz CT molecular complexity index is 664. The first-order chi connectivity index (χ1) is 9.99. The molecule has 1 aromatic heterocycles. The summed E-state index contributed by atoms with van der Waals surface area (Å²) in [5, 5.41) is 2.95.